The zero-order valence-corrected chi connectivity index (χ0v) is 15.8. The van der Waals surface area contributed by atoms with E-state index >= 15 is 0 Å². The van der Waals surface area contributed by atoms with Crippen LogP contribution in [0, 0.1) is 0 Å². The molecule has 0 aliphatic carbocycles. The molecule has 0 aliphatic heterocycles. The van der Waals surface area contributed by atoms with E-state index in [1.807, 2.05) is 25.1 Å². The third-order valence-corrected chi connectivity index (χ3v) is 6.28. The van der Waals surface area contributed by atoms with Crippen molar-refractivity contribution in [2.45, 2.75) is 18.2 Å². The maximum Gasteiger partial charge on any atom is 0.227 e. The van der Waals surface area contributed by atoms with E-state index < -0.39 is 9.84 Å². The maximum atomic E-state index is 12.2. The van der Waals surface area contributed by atoms with E-state index in [9.17, 15) is 13.2 Å². The van der Waals surface area contributed by atoms with Gasteiger partial charge in [-0.1, -0.05) is 29.5 Å². The first-order valence-electron chi connectivity index (χ1n) is 8.09. The number of hydrogen-bond donors (Lipinski definition) is 1. The lowest BCUT2D eigenvalue weighted by Crippen LogP contribution is -2.17. The van der Waals surface area contributed by atoms with Crippen molar-refractivity contribution in [2.75, 3.05) is 17.7 Å². The highest BCUT2D eigenvalue weighted by atomic mass is 32.2. The molecule has 3 rings (SSSR count). The fraction of sp³-hybridized carbons (Fsp3) is 0.222. The van der Waals surface area contributed by atoms with Crippen molar-refractivity contribution < 1.29 is 17.9 Å². The van der Waals surface area contributed by atoms with Gasteiger partial charge in [-0.2, -0.15) is 0 Å². The Kier molecular flexibility index (Phi) is 5.53. The average molecular weight is 390 g/mol. The van der Waals surface area contributed by atoms with Gasteiger partial charge in [0.1, 0.15) is 5.75 Å². The number of fused-ring (bicyclic) bond motifs is 1. The topological polar surface area (TPSA) is 85.4 Å². The highest BCUT2D eigenvalue weighted by Crippen LogP contribution is 2.29. The monoisotopic (exact) mass is 390 g/mol. The molecule has 1 heterocycles. The van der Waals surface area contributed by atoms with Gasteiger partial charge in [0.15, 0.2) is 15.0 Å². The molecule has 8 heteroatoms. The first-order valence-corrected chi connectivity index (χ1v) is 10.6. The first-order chi connectivity index (χ1) is 12.5. The van der Waals surface area contributed by atoms with Crippen molar-refractivity contribution in [1.29, 1.82) is 0 Å². The normalized spacial score (nSPS) is 11.4. The Hall–Kier alpha value is -2.45. The van der Waals surface area contributed by atoms with E-state index in [0.29, 0.717) is 11.7 Å². The summed E-state index contributed by atoms with van der Waals surface area (Å²) < 4.78 is 30.8. The predicted molar refractivity (Wildman–Crippen MR) is 103 cm³/mol. The molecule has 136 valence electrons. The number of benzene rings is 2. The summed E-state index contributed by atoms with van der Waals surface area (Å²) >= 11 is 1.32. The molecular weight excluding hydrogens is 372 g/mol. The zero-order chi connectivity index (χ0) is 18.6. The van der Waals surface area contributed by atoms with Crippen LogP contribution in [0.1, 0.15) is 13.3 Å². The number of hydrogen-bond acceptors (Lipinski definition) is 6. The van der Waals surface area contributed by atoms with Crippen LogP contribution >= 0.6 is 11.3 Å². The van der Waals surface area contributed by atoms with Gasteiger partial charge in [0.2, 0.25) is 5.91 Å². The van der Waals surface area contributed by atoms with Crippen LogP contribution in [0.2, 0.25) is 0 Å². The molecule has 0 saturated heterocycles. The quantitative estimate of drug-likeness (QED) is 0.667. The second-order valence-electron chi connectivity index (χ2n) is 5.51. The minimum Gasteiger partial charge on any atom is -0.494 e. The van der Waals surface area contributed by atoms with Crippen LogP contribution < -0.4 is 10.1 Å². The van der Waals surface area contributed by atoms with Crippen molar-refractivity contribution >= 4 is 42.4 Å². The molecular formula is C18H18N2O4S2. The Morgan fingerprint density at radius 3 is 2.69 bits per heavy atom. The number of nitrogens with one attached hydrogen (secondary N) is 1. The molecule has 2 aromatic carbocycles. The molecule has 0 aliphatic rings. The number of anilines is 1. The lowest BCUT2D eigenvalue weighted by molar-refractivity contribution is -0.115. The minimum absolute atomic E-state index is 0.128. The molecule has 0 unspecified atom stereocenters. The van der Waals surface area contributed by atoms with Gasteiger partial charge in [0.05, 0.1) is 27.5 Å². The Morgan fingerprint density at radius 2 is 1.96 bits per heavy atom. The minimum atomic E-state index is -3.48. The third-order valence-electron chi connectivity index (χ3n) is 3.62. The molecule has 3 aromatic rings. The summed E-state index contributed by atoms with van der Waals surface area (Å²) in [6.07, 6.45) is -0.128. The predicted octanol–water partition coefficient (Wildman–Crippen LogP) is 3.50. The molecule has 0 spiro atoms. The molecule has 26 heavy (non-hydrogen) atoms. The number of amides is 1. The highest BCUT2D eigenvalue weighted by molar-refractivity contribution is 7.91. The molecule has 0 saturated carbocycles. The summed E-state index contributed by atoms with van der Waals surface area (Å²) in [6.45, 7) is 2.48. The van der Waals surface area contributed by atoms with Crippen LogP contribution in [-0.2, 0) is 14.6 Å². The number of carbonyl (C=O) groups excluding carboxylic acids is 1. The SMILES string of the molecule is CCOc1ccc2nc(NC(=O)CCS(=O)(=O)c3ccccc3)sc2c1. The van der Waals surface area contributed by atoms with Crippen molar-refractivity contribution in [3.05, 3.63) is 48.5 Å². The van der Waals surface area contributed by atoms with Gasteiger partial charge in [-0.15, -0.1) is 0 Å². The number of thiazole rings is 1. The van der Waals surface area contributed by atoms with E-state index in [4.69, 9.17) is 4.74 Å². The molecule has 1 aromatic heterocycles. The lowest BCUT2D eigenvalue weighted by Gasteiger charge is -2.04. The van der Waals surface area contributed by atoms with Gasteiger partial charge < -0.3 is 10.1 Å². The van der Waals surface area contributed by atoms with Crippen molar-refractivity contribution in [2.24, 2.45) is 0 Å². The van der Waals surface area contributed by atoms with E-state index in [0.717, 1.165) is 16.0 Å². The maximum absolute atomic E-state index is 12.2. The summed E-state index contributed by atoms with van der Waals surface area (Å²) in [6, 6.07) is 13.6. The van der Waals surface area contributed by atoms with Crippen LogP contribution in [0.5, 0.6) is 5.75 Å². The van der Waals surface area contributed by atoms with Gasteiger partial charge in [-0.25, -0.2) is 13.4 Å². The Balaban J connectivity index is 1.64. The molecule has 1 amide bonds. The zero-order valence-electron chi connectivity index (χ0n) is 14.1. The van der Waals surface area contributed by atoms with Gasteiger partial charge in [0, 0.05) is 6.42 Å². The summed E-state index contributed by atoms with van der Waals surface area (Å²) in [5.41, 5.74) is 0.755. The van der Waals surface area contributed by atoms with Gasteiger partial charge in [-0.3, -0.25) is 4.79 Å². The number of aromatic nitrogens is 1. The van der Waals surface area contributed by atoms with Gasteiger partial charge in [-0.05, 0) is 37.3 Å². The largest absolute Gasteiger partial charge is 0.494 e. The van der Waals surface area contributed by atoms with E-state index in [1.54, 1.807) is 18.2 Å². The van der Waals surface area contributed by atoms with E-state index in [2.05, 4.69) is 10.3 Å². The molecule has 0 atom stereocenters. The Morgan fingerprint density at radius 1 is 1.19 bits per heavy atom. The van der Waals surface area contributed by atoms with Gasteiger partial charge >= 0.3 is 0 Å². The van der Waals surface area contributed by atoms with Crippen LogP contribution in [0.25, 0.3) is 10.2 Å². The van der Waals surface area contributed by atoms with Crippen LogP contribution in [0.15, 0.2) is 53.4 Å². The van der Waals surface area contributed by atoms with Gasteiger partial charge in [0.25, 0.3) is 0 Å². The average Bonchev–Trinajstić information content (AvgIpc) is 3.02. The first kappa shape index (κ1) is 18.3. The second-order valence-corrected chi connectivity index (χ2v) is 8.65. The standard InChI is InChI=1S/C18H18N2O4S2/c1-2-24-13-8-9-15-16(12-13)25-18(19-15)20-17(21)10-11-26(22,23)14-6-4-3-5-7-14/h3-9,12H,2,10-11H2,1H3,(H,19,20,21). The lowest BCUT2D eigenvalue weighted by atomic mass is 10.3. The van der Waals surface area contributed by atoms with E-state index in [-0.39, 0.29) is 23.0 Å². The number of rotatable bonds is 7. The van der Waals surface area contributed by atoms with Crippen molar-refractivity contribution in [3.63, 3.8) is 0 Å². The summed E-state index contributed by atoms with van der Waals surface area (Å²) in [5.74, 6) is 0.117. The third kappa shape index (κ3) is 4.39. The fourth-order valence-electron chi connectivity index (χ4n) is 2.37. The second kappa shape index (κ2) is 7.84. The summed E-state index contributed by atoms with van der Waals surface area (Å²) in [7, 11) is -3.48. The van der Waals surface area contributed by atoms with Crippen LogP contribution in [0.3, 0.4) is 0 Å². The Labute approximate surface area is 155 Å². The molecule has 0 bridgehead atoms. The van der Waals surface area contributed by atoms with Crippen molar-refractivity contribution in [3.8, 4) is 5.75 Å². The molecule has 6 nitrogen and oxygen atoms in total. The fourth-order valence-corrected chi connectivity index (χ4v) is 4.54. The van der Waals surface area contributed by atoms with Crippen LogP contribution in [0.4, 0.5) is 5.13 Å². The smallest absolute Gasteiger partial charge is 0.227 e. The number of nitrogens with zero attached hydrogens (tertiary/aromatic N) is 1. The summed E-state index contributed by atoms with van der Waals surface area (Å²) in [4.78, 5) is 16.7. The molecule has 1 N–H and O–H groups in total. The van der Waals surface area contributed by atoms with Crippen molar-refractivity contribution in [1.82, 2.24) is 4.98 Å². The Bertz CT molecular complexity index is 1010. The van der Waals surface area contributed by atoms with Crippen LogP contribution in [-0.4, -0.2) is 31.7 Å². The summed E-state index contributed by atoms with van der Waals surface area (Å²) in [5, 5.41) is 3.11. The molecule has 0 fully saturated rings. The number of sulfone groups is 1. The number of ether oxygens (including phenoxy) is 1. The van der Waals surface area contributed by atoms with E-state index in [1.165, 1.54) is 23.5 Å². The number of carbonyl (C=O) groups is 1. The highest BCUT2D eigenvalue weighted by Gasteiger charge is 2.17. The molecule has 0 radical (unpaired) electrons.